The highest BCUT2D eigenvalue weighted by Crippen LogP contribution is 2.23. The third-order valence-corrected chi connectivity index (χ3v) is 3.15. The van der Waals surface area contributed by atoms with Gasteiger partial charge in [-0.2, -0.15) is 0 Å². The van der Waals surface area contributed by atoms with E-state index in [2.05, 4.69) is 42.0 Å². The van der Waals surface area contributed by atoms with Crippen LogP contribution in [0.2, 0.25) is 0 Å². The molecule has 0 aliphatic carbocycles. The first kappa shape index (κ1) is 15.0. The number of anilines is 1. The summed E-state index contributed by atoms with van der Waals surface area (Å²) in [6.45, 7) is 6.88. The molecule has 0 saturated carbocycles. The Morgan fingerprint density at radius 2 is 2.06 bits per heavy atom. The van der Waals surface area contributed by atoms with E-state index in [9.17, 15) is 9.18 Å². The lowest BCUT2D eigenvalue weighted by molar-refractivity contribution is 0.0949. The van der Waals surface area contributed by atoms with E-state index < -0.39 is 5.82 Å². The highest BCUT2D eigenvalue weighted by atomic mass is 79.9. The fourth-order valence-electron chi connectivity index (χ4n) is 1.39. The Labute approximate surface area is 115 Å². The zero-order valence-electron chi connectivity index (χ0n) is 10.8. The number of nitrogens with one attached hydrogen (secondary N) is 1. The Balaban J connectivity index is 2.70. The largest absolute Gasteiger partial charge is 0.396 e. The number of carbonyl (C=O) groups excluding carboxylic acids is 1. The lowest BCUT2D eigenvalue weighted by atomic mass is 9.92. The molecule has 0 unspecified atom stereocenters. The monoisotopic (exact) mass is 316 g/mol. The Morgan fingerprint density at radius 3 is 2.61 bits per heavy atom. The average Bonchev–Trinajstić information content (AvgIpc) is 2.21. The van der Waals surface area contributed by atoms with E-state index in [4.69, 9.17) is 5.73 Å². The maximum absolute atomic E-state index is 13.1. The molecule has 1 aromatic rings. The van der Waals surface area contributed by atoms with Gasteiger partial charge in [0.1, 0.15) is 5.82 Å². The molecule has 0 saturated heterocycles. The van der Waals surface area contributed by atoms with E-state index >= 15 is 0 Å². The summed E-state index contributed by atoms with van der Waals surface area (Å²) in [5.41, 5.74) is 5.93. The van der Waals surface area contributed by atoms with Gasteiger partial charge in [-0.25, -0.2) is 4.39 Å². The molecule has 0 aliphatic rings. The van der Waals surface area contributed by atoms with Crippen LogP contribution in [0.25, 0.3) is 0 Å². The first-order valence-corrected chi connectivity index (χ1v) is 6.53. The smallest absolute Gasteiger partial charge is 0.252 e. The molecule has 3 N–H and O–H groups in total. The Bertz CT molecular complexity index is 455. The van der Waals surface area contributed by atoms with Gasteiger partial charge in [-0.3, -0.25) is 4.79 Å². The molecule has 0 radical (unpaired) electrons. The van der Waals surface area contributed by atoms with Crippen molar-refractivity contribution >= 4 is 27.5 Å². The Kier molecular flexibility index (Phi) is 4.73. The molecule has 18 heavy (non-hydrogen) atoms. The van der Waals surface area contributed by atoms with Crippen LogP contribution >= 0.6 is 15.9 Å². The van der Waals surface area contributed by atoms with E-state index in [-0.39, 0.29) is 17.0 Å². The number of benzene rings is 1. The molecule has 1 aromatic carbocycles. The lowest BCUT2D eigenvalue weighted by Gasteiger charge is -2.18. The number of hydrogen-bond donors (Lipinski definition) is 2. The first-order chi connectivity index (χ1) is 8.20. The fraction of sp³-hybridized carbons (Fsp3) is 0.462. The number of halogens is 2. The second kappa shape index (κ2) is 5.69. The SMILES string of the molecule is CC(C)(C)CCNC(=O)c1cc(N)c(F)cc1Br. The zero-order valence-corrected chi connectivity index (χ0v) is 12.4. The van der Waals surface area contributed by atoms with Crippen molar-refractivity contribution in [3.05, 3.63) is 28.0 Å². The van der Waals surface area contributed by atoms with Gasteiger partial charge in [-0.15, -0.1) is 0 Å². The lowest BCUT2D eigenvalue weighted by Crippen LogP contribution is -2.27. The van der Waals surface area contributed by atoms with E-state index in [0.717, 1.165) is 6.42 Å². The second-order valence-electron chi connectivity index (χ2n) is 5.42. The molecule has 0 bridgehead atoms. The number of nitrogen functional groups attached to an aromatic ring is 1. The minimum absolute atomic E-state index is 0.0285. The van der Waals surface area contributed by atoms with E-state index in [1.807, 2.05) is 0 Å². The molecule has 0 fully saturated rings. The molecular weight excluding hydrogens is 299 g/mol. The summed E-state index contributed by atoms with van der Waals surface area (Å²) in [4.78, 5) is 11.9. The van der Waals surface area contributed by atoms with Gasteiger partial charge in [0.25, 0.3) is 5.91 Å². The van der Waals surface area contributed by atoms with Gasteiger partial charge in [0.05, 0.1) is 11.3 Å². The number of hydrogen-bond acceptors (Lipinski definition) is 2. The topological polar surface area (TPSA) is 55.1 Å². The van der Waals surface area contributed by atoms with Crippen molar-refractivity contribution in [2.75, 3.05) is 12.3 Å². The van der Waals surface area contributed by atoms with Crippen molar-refractivity contribution in [3.63, 3.8) is 0 Å². The van der Waals surface area contributed by atoms with Crippen LogP contribution in [-0.2, 0) is 0 Å². The van der Waals surface area contributed by atoms with Crippen molar-refractivity contribution in [1.82, 2.24) is 5.32 Å². The molecular formula is C13H18BrFN2O. The van der Waals surface area contributed by atoms with Gasteiger partial charge in [0.2, 0.25) is 0 Å². The zero-order chi connectivity index (χ0) is 13.9. The van der Waals surface area contributed by atoms with Crippen LogP contribution in [-0.4, -0.2) is 12.5 Å². The van der Waals surface area contributed by atoms with Gasteiger partial charge in [0, 0.05) is 11.0 Å². The van der Waals surface area contributed by atoms with Gasteiger partial charge in [0.15, 0.2) is 0 Å². The Hall–Kier alpha value is -1.10. The molecule has 1 rings (SSSR count). The molecule has 0 aliphatic heterocycles. The van der Waals surface area contributed by atoms with Crippen molar-refractivity contribution < 1.29 is 9.18 Å². The van der Waals surface area contributed by atoms with Crippen LogP contribution in [0.4, 0.5) is 10.1 Å². The molecule has 0 heterocycles. The van der Waals surface area contributed by atoms with Crippen LogP contribution in [0, 0.1) is 11.2 Å². The molecule has 0 spiro atoms. The molecule has 1 amide bonds. The minimum atomic E-state index is -0.534. The van der Waals surface area contributed by atoms with Gasteiger partial charge >= 0.3 is 0 Å². The average molecular weight is 317 g/mol. The summed E-state index contributed by atoms with van der Waals surface area (Å²) in [5, 5.41) is 2.80. The second-order valence-corrected chi connectivity index (χ2v) is 6.27. The van der Waals surface area contributed by atoms with Crippen LogP contribution < -0.4 is 11.1 Å². The summed E-state index contributed by atoms with van der Waals surface area (Å²) in [6.07, 6.45) is 0.868. The van der Waals surface area contributed by atoms with Gasteiger partial charge in [-0.1, -0.05) is 20.8 Å². The van der Waals surface area contributed by atoms with Crippen LogP contribution in [0.1, 0.15) is 37.6 Å². The molecule has 100 valence electrons. The van der Waals surface area contributed by atoms with Gasteiger partial charge < -0.3 is 11.1 Å². The highest BCUT2D eigenvalue weighted by Gasteiger charge is 2.15. The molecule has 3 nitrogen and oxygen atoms in total. The number of nitrogens with two attached hydrogens (primary N) is 1. The van der Waals surface area contributed by atoms with Crippen LogP contribution in [0.15, 0.2) is 16.6 Å². The number of carbonyl (C=O) groups is 1. The molecule has 5 heteroatoms. The minimum Gasteiger partial charge on any atom is -0.396 e. The van der Waals surface area contributed by atoms with Crippen molar-refractivity contribution in [3.8, 4) is 0 Å². The summed E-state index contributed by atoms with van der Waals surface area (Å²) in [7, 11) is 0. The number of rotatable bonds is 3. The fourth-order valence-corrected chi connectivity index (χ4v) is 1.88. The predicted molar refractivity (Wildman–Crippen MR) is 74.9 cm³/mol. The standard InChI is InChI=1S/C13H18BrFN2O/c1-13(2,3)4-5-17-12(18)8-6-11(16)10(15)7-9(8)14/h6-7H,4-5,16H2,1-3H3,(H,17,18). The molecule has 0 atom stereocenters. The summed E-state index contributed by atoms with van der Waals surface area (Å²) >= 11 is 3.16. The highest BCUT2D eigenvalue weighted by molar-refractivity contribution is 9.10. The van der Waals surface area contributed by atoms with Gasteiger partial charge in [-0.05, 0) is 39.9 Å². The van der Waals surface area contributed by atoms with Crippen LogP contribution in [0.5, 0.6) is 0 Å². The van der Waals surface area contributed by atoms with Crippen molar-refractivity contribution in [2.45, 2.75) is 27.2 Å². The summed E-state index contributed by atoms with van der Waals surface area (Å²) in [5.74, 6) is -0.786. The normalized spacial score (nSPS) is 11.4. The van der Waals surface area contributed by atoms with E-state index in [1.54, 1.807) is 0 Å². The Morgan fingerprint density at radius 1 is 1.44 bits per heavy atom. The van der Waals surface area contributed by atoms with Crippen molar-refractivity contribution in [1.29, 1.82) is 0 Å². The quantitative estimate of drug-likeness (QED) is 0.840. The molecule has 0 aromatic heterocycles. The van der Waals surface area contributed by atoms with E-state index in [1.165, 1.54) is 12.1 Å². The predicted octanol–water partition coefficient (Wildman–Crippen LogP) is 3.34. The maximum atomic E-state index is 13.1. The maximum Gasteiger partial charge on any atom is 0.252 e. The van der Waals surface area contributed by atoms with E-state index in [0.29, 0.717) is 16.6 Å². The number of amides is 1. The first-order valence-electron chi connectivity index (χ1n) is 5.73. The van der Waals surface area contributed by atoms with Crippen molar-refractivity contribution in [2.24, 2.45) is 5.41 Å². The third kappa shape index (κ3) is 4.29. The summed E-state index contributed by atoms with van der Waals surface area (Å²) in [6, 6.07) is 2.54. The third-order valence-electron chi connectivity index (χ3n) is 2.49. The summed E-state index contributed by atoms with van der Waals surface area (Å²) < 4.78 is 13.5. The van der Waals surface area contributed by atoms with Crippen LogP contribution in [0.3, 0.4) is 0 Å².